The lowest BCUT2D eigenvalue weighted by Gasteiger charge is -2.37. The number of carbonyl (C=O) groups excluding carboxylic acids is 2. The molecule has 5 nitrogen and oxygen atoms in total. The Balaban J connectivity index is 1.18. The van der Waals surface area contributed by atoms with Gasteiger partial charge in [-0.1, -0.05) is 36.4 Å². The van der Waals surface area contributed by atoms with Crippen LogP contribution in [0.3, 0.4) is 0 Å². The van der Waals surface area contributed by atoms with Crippen molar-refractivity contribution in [3.63, 3.8) is 0 Å². The minimum absolute atomic E-state index is 0.0904. The highest BCUT2D eigenvalue weighted by molar-refractivity contribution is 7.12. The van der Waals surface area contributed by atoms with Crippen LogP contribution in [-0.4, -0.2) is 72.3 Å². The van der Waals surface area contributed by atoms with Crippen molar-refractivity contribution in [3.05, 3.63) is 58.3 Å². The van der Waals surface area contributed by atoms with Crippen LogP contribution in [0.5, 0.6) is 0 Å². The van der Waals surface area contributed by atoms with E-state index in [2.05, 4.69) is 35.2 Å². The second kappa shape index (κ2) is 9.55. The average Bonchev–Trinajstić information content (AvgIpc) is 3.30. The van der Waals surface area contributed by atoms with Gasteiger partial charge >= 0.3 is 0 Å². The first-order valence-electron chi connectivity index (χ1n) is 10.6. The zero-order valence-electron chi connectivity index (χ0n) is 16.8. The number of piperidine rings is 1. The van der Waals surface area contributed by atoms with Crippen LogP contribution in [0.25, 0.3) is 0 Å². The van der Waals surface area contributed by atoms with E-state index in [0.29, 0.717) is 32.7 Å². The zero-order chi connectivity index (χ0) is 20.1. The van der Waals surface area contributed by atoms with Crippen LogP contribution in [0.2, 0.25) is 0 Å². The number of piperazine rings is 1. The number of nitrogens with zero attached hydrogens (tertiary/aromatic N) is 3. The van der Waals surface area contributed by atoms with Crippen molar-refractivity contribution in [2.45, 2.75) is 19.3 Å². The quantitative estimate of drug-likeness (QED) is 0.760. The van der Waals surface area contributed by atoms with Crippen LogP contribution in [0, 0.1) is 5.92 Å². The third-order valence-corrected chi connectivity index (χ3v) is 6.94. The molecule has 1 aromatic heterocycles. The highest BCUT2D eigenvalue weighted by Gasteiger charge is 2.27. The van der Waals surface area contributed by atoms with Crippen molar-refractivity contribution in [2.75, 3.05) is 45.8 Å². The van der Waals surface area contributed by atoms with Gasteiger partial charge in [0.2, 0.25) is 5.91 Å². The van der Waals surface area contributed by atoms with Crippen LogP contribution >= 0.6 is 11.3 Å². The van der Waals surface area contributed by atoms with E-state index in [4.69, 9.17) is 0 Å². The van der Waals surface area contributed by atoms with Gasteiger partial charge in [-0.2, -0.15) is 0 Å². The van der Waals surface area contributed by atoms with Crippen LogP contribution < -0.4 is 0 Å². The normalized spacial score (nSPS) is 18.8. The van der Waals surface area contributed by atoms with E-state index in [0.717, 1.165) is 43.1 Å². The molecule has 0 saturated carbocycles. The third-order valence-electron chi connectivity index (χ3n) is 6.08. The minimum Gasteiger partial charge on any atom is -0.338 e. The molecule has 0 atom stereocenters. The molecule has 154 valence electrons. The molecule has 0 spiro atoms. The number of hydrogen-bond acceptors (Lipinski definition) is 4. The van der Waals surface area contributed by atoms with E-state index in [1.807, 2.05) is 27.3 Å². The number of benzene rings is 1. The monoisotopic (exact) mass is 411 g/mol. The second-order valence-corrected chi connectivity index (χ2v) is 9.01. The van der Waals surface area contributed by atoms with Crippen LogP contribution in [0.15, 0.2) is 47.8 Å². The summed E-state index contributed by atoms with van der Waals surface area (Å²) in [6.45, 7) is 5.04. The summed E-state index contributed by atoms with van der Waals surface area (Å²) in [5.41, 5.74) is 1.41. The van der Waals surface area contributed by atoms with E-state index in [9.17, 15) is 9.59 Å². The summed E-state index contributed by atoms with van der Waals surface area (Å²) >= 11 is 1.48. The molecule has 2 aliphatic rings. The summed E-state index contributed by atoms with van der Waals surface area (Å²) in [5, 5.41) is 1.93. The molecule has 2 amide bonds. The highest BCUT2D eigenvalue weighted by Crippen LogP contribution is 2.22. The second-order valence-electron chi connectivity index (χ2n) is 8.06. The van der Waals surface area contributed by atoms with E-state index < -0.39 is 0 Å². The minimum atomic E-state index is 0.0904. The lowest BCUT2D eigenvalue weighted by molar-refractivity contribution is -0.134. The zero-order valence-corrected chi connectivity index (χ0v) is 17.7. The molecule has 2 aromatic rings. The molecule has 4 rings (SSSR count). The Hall–Kier alpha value is -2.18. The maximum atomic E-state index is 12.7. The maximum absolute atomic E-state index is 12.7. The fourth-order valence-corrected chi connectivity index (χ4v) is 4.99. The van der Waals surface area contributed by atoms with E-state index in [1.54, 1.807) is 0 Å². The number of rotatable bonds is 5. The van der Waals surface area contributed by atoms with Gasteiger partial charge in [-0.25, -0.2) is 0 Å². The Bertz CT molecular complexity index is 793. The molecule has 0 unspecified atom stereocenters. The van der Waals surface area contributed by atoms with Crippen LogP contribution in [0.4, 0.5) is 0 Å². The molecule has 1 aromatic carbocycles. The molecule has 2 fully saturated rings. The predicted octanol–water partition coefficient (Wildman–Crippen LogP) is 2.99. The summed E-state index contributed by atoms with van der Waals surface area (Å²) in [7, 11) is 0. The van der Waals surface area contributed by atoms with Gasteiger partial charge in [0.25, 0.3) is 5.91 Å². The fourth-order valence-electron chi connectivity index (χ4n) is 4.30. The van der Waals surface area contributed by atoms with Gasteiger partial charge in [0, 0.05) is 26.2 Å². The van der Waals surface area contributed by atoms with Crippen LogP contribution in [-0.2, 0) is 11.2 Å². The molecule has 2 saturated heterocycles. The first kappa shape index (κ1) is 20.1. The first-order valence-corrected chi connectivity index (χ1v) is 11.4. The van der Waals surface area contributed by atoms with E-state index >= 15 is 0 Å². The van der Waals surface area contributed by atoms with Gasteiger partial charge in [-0.15, -0.1) is 11.3 Å². The van der Waals surface area contributed by atoms with Gasteiger partial charge in [0.15, 0.2) is 0 Å². The third kappa shape index (κ3) is 5.25. The van der Waals surface area contributed by atoms with E-state index in [1.165, 1.54) is 16.9 Å². The SMILES string of the molecule is O=C(CN1CCC(Cc2ccccc2)CC1)N1CCN(C(=O)c2cccs2)CC1. The first-order chi connectivity index (χ1) is 14.2. The van der Waals surface area contributed by atoms with Crippen molar-refractivity contribution in [1.82, 2.24) is 14.7 Å². The average molecular weight is 412 g/mol. The van der Waals surface area contributed by atoms with Gasteiger partial charge < -0.3 is 9.80 Å². The summed E-state index contributed by atoms with van der Waals surface area (Å²) in [6, 6.07) is 14.5. The molecule has 3 heterocycles. The summed E-state index contributed by atoms with van der Waals surface area (Å²) in [5.74, 6) is 1.01. The highest BCUT2D eigenvalue weighted by atomic mass is 32.1. The smallest absolute Gasteiger partial charge is 0.264 e. The Kier molecular flexibility index (Phi) is 6.62. The molecule has 29 heavy (non-hydrogen) atoms. The number of carbonyl (C=O) groups is 2. The van der Waals surface area contributed by atoms with Crippen LogP contribution in [0.1, 0.15) is 28.1 Å². The van der Waals surface area contributed by atoms with Gasteiger partial charge in [0.1, 0.15) is 0 Å². The van der Waals surface area contributed by atoms with Crippen molar-refractivity contribution in [1.29, 1.82) is 0 Å². The predicted molar refractivity (Wildman–Crippen MR) is 116 cm³/mol. The Morgan fingerprint density at radius 2 is 1.55 bits per heavy atom. The van der Waals surface area contributed by atoms with Crippen molar-refractivity contribution >= 4 is 23.2 Å². The molecule has 0 bridgehead atoms. The number of thiophene rings is 1. The number of likely N-dealkylation sites (tertiary alicyclic amines) is 1. The van der Waals surface area contributed by atoms with Gasteiger partial charge in [0.05, 0.1) is 11.4 Å². The number of amides is 2. The van der Waals surface area contributed by atoms with Crippen molar-refractivity contribution in [3.8, 4) is 0 Å². The van der Waals surface area contributed by atoms with Crippen molar-refractivity contribution < 1.29 is 9.59 Å². The molecular formula is C23H29N3O2S. The number of hydrogen-bond donors (Lipinski definition) is 0. The van der Waals surface area contributed by atoms with E-state index in [-0.39, 0.29) is 11.8 Å². The topological polar surface area (TPSA) is 43.9 Å². The van der Waals surface area contributed by atoms with Gasteiger partial charge in [-0.3, -0.25) is 14.5 Å². The molecule has 0 N–H and O–H groups in total. The molecule has 0 aliphatic carbocycles. The summed E-state index contributed by atoms with van der Waals surface area (Å²) < 4.78 is 0. The summed E-state index contributed by atoms with van der Waals surface area (Å²) in [4.78, 5) is 32.0. The lowest BCUT2D eigenvalue weighted by Crippen LogP contribution is -2.53. The standard InChI is InChI=1S/C23H29N3O2S/c27-22(25-12-14-26(15-13-25)23(28)21-7-4-16-29-21)18-24-10-8-20(9-11-24)17-19-5-2-1-3-6-19/h1-7,16,20H,8-15,17-18H2. The fraction of sp³-hybridized carbons (Fsp3) is 0.478. The largest absolute Gasteiger partial charge is 0.338 e. The maximum Gasteiger partial charge on any atom is 0.264 e. The van der Waals surface area contributed by atoms with Gasteiger partial charge in [-0.05, 0) is 55.3 Å². The molecular weight excluding hydrogens is 382 g/mol. The Morgan fingerprint density at radius 3 is 2.21 bits per heavy atom. The Morgan fingerprint density at radius 1 is 0.862 bits per heavy atom. The summed E-state index contributed by atoms with van der Waals surface area (Å²) in [6.07, 6.45) is 3.46. The lowest BCUT2D eigenvalue weighted by atomic mass is 9.90. The molecule has 6 heteroatoms. The Labute approximate surface area is 176 Å². The molecule has 2 aliphatic heterocycles. The van der Waals surface area contributed by atoms with Crippen molar-refractivity contribution in [2.24, 2.45) is 5.92 Å². The molecule has 0 radical (unpaired) electrons.